The summed E-state index contributed by atoms with van der Waals surface area (Å²) < 4.78 is 0. The lowest BCUT2D eigenvalue weighted by molar-refractivity contribution is 0.277. The number of hydrogen-bond acceptors (Lipinski definition) is 3. The number of nitriles is 1. The molecular formula is C11H22N2O. The molecule has 1 unspecified atom stereocenters. The molecule has 0 fully saturated rings. The van der Waals surface area contributed by atoms with Gasteiger partial charge < -0.3 is 5.11 Å². The van der Waals surface area contributed by atoms with Gasteiger partial charge in [-0.05, 0) is 26.3 Å². The molecule has 0 heterocycles. The van der Waals surface area contributed by atoms with Crippen LogP contribution >= 0.6 is 0 Å². The molecule has 3 heteroatoms. The maximum Gasteiger partial charge on any atom is 0.103 e. The van der Waals surface area contributed by atoms with E-state index in [1.807, 2.05) is 6.92 Å². The number of nitrogens with one attached hydrogen (secondary N) is 1. The van der Waals surface area contributed by atoms with Gasteiger partial charge in [0, 0.05) is 6.61 Å². The third kappa shape index (κ3) is 5.95. The molecule has 14 heavy (non-hydrogen) atoms. The van der Waals surface area contributed by atoms with Crippen molar-refractivity contribution in [1.29, 1.82) is 5.26 Å². The molecule has 0 saturated heterocycles. The molecule has 82 valence electrons. The Balaban J connectivity index is 3.75. The second kappa shape index (κ2) is 7.78. The van der Waals surface area contributed by atoms with Crippen molar-refractivity contribution in [1.82, 2.24) is 5.32 Å². The van der Waals surface area contributed by atoms with E-state index in [1.54, 1.807) is 0 Å². The van der Waals surface area contributed by atoms with Gasteiger partial charge in [0.15, 0.2) is 0 Å². The third-order valence-electron chi connectivity index (χ3n) is 2.38. The lowest BCUT2D eigenvalue weighted by Gasteiger charge is -2.22. The molecule has 3 nitrogen and oxygen atoms in total. The summed E-state index contributed by atoms with van der Waals surface area (Å²) in [7, 11) is 0. The SMILES string of the molecule is CCCCCC(C)(C#N)NCCCO. The van der Waals surface area contributed by atoms with Crippen molar-refractivity contribution in [3.05, 3.63) is 0 Å². The van der Waals surface area contributed by atoms with E-state index < -0.39 is 5.54 Å². The molecule has 0 aromatic rings. The largest absolute Gasteiger partial charge is 0.396 e. The van der Waals surface area contributed by atoms with Crippen molar-refractivity contribution in [3.63, 3.8) is 0 Å². The summed E-state index contributed by atoms with van der Waals surface area (Å²) in [6.45, 7) is 4.99. The number of aliphatic hydroxyl groups is 1. The lowest BCUT2D eigenvalue weighted by atomic mass is 9.96. The molecule has 0 aromatic heterocycles. The van der Waals surface area contributed by atoms with Crippen LogP contribution in [0.25, 0.3) is 0 Å². The topological polar surface area (TPSA) is 56.0 Å². The minimum Gasteiger partial charge on any atom is -0.396 e. The van der Waals surface area contributed by atoms with E-state index in [0.717, 1.165) is 12.8 Å². The molecule has 0 aliphatic rings. The van der Waals surface area contributed by atoms with Crippen LogP contribution in [0.2, 0.25) is 0 Å². The van der Waals surface area contributed by atoms with E-state index in [1.165, 1.54) is 12.8 Å². The van der Waals surface area contributed by atoms with Crippen LogP contribution in [0.5, 0.6) is 0 Å². The highest BCUT2D eigenvalue weighted by molar-refractivity contribution is 5.03. The quantitative estimate of drug-likeness (QED) is 0.585. The molecular weight excluding hydrogens is 176 g/mol. The molecule has 0 bridgehead atoms. The first-order chi connectivity index (χ1) is 6.68. The van der Waals surface area contributed by atoms with Gasteiger partial charge in [-0.2, -0.15) is 5.26 Å². The number of aliphatic hydroxyl groups excluding tert-OH is 1. The van der Waals surface area contributed by atoms with Gasteiger partial charge in [0.1, 0.15) is 5.54 Å². The summed E-state index contributed by atoms with van der Waals surface area (Å²) >= 11 is 0. The van der Waals surface area contributed by atoms with Gasteiger partial charge in [-0.3, -0.25) is 5.32 Å². The van der Waals surface area contributed by atoms with Crippen LogP contribution in [0, 0.1) is 11.3 Å². The fraction of sp³-hybridized carbons (Fsp3) is 0.909. The van der Waals surface area contributed by atoms with Crippen LogP contribution < -0.4 is 5.32 Å². The summed E-state index contributed by atoms with van der Waals surface area (Å²) in [5, 5.41) is 20.8. The first kappa shape index (κ1) is 13.4. The van der Waals surface area contributed by atoms with E-state index in [4.69, 9.17) is 10.4 Å². The van der Waals surface area contributed by atoms with Crippen LogP contribution in [-0.2, 0) is 0 Å². The van der Waals surface area contributed by atoms with E-state index in [2.05, 4.69) is 18.3 Å². The van der Waals surface area contributed by atoms with Gasteiger partial charge in [-0.25, -0.2) is 0 Å². The maximum absolute atomic E-state index is 9.01. The Labute approximate surface area is 87.1 Å². The van der Waals surface area contributed by atoms with Crippen molar-refractivity contribution in [2.24, 2.45) is 0 Å². The monoisotopic (exact) mass is 198 g/mol. The minimum atomic E-state index is -0.412. The van der Waals surface area contributed by atoms with E-state index in [0.29, 0.717) is 13.0 Å². The van der Waals surface area contributed by atoms with Crippen molar-refractivity contribution >= 4 is 0 Å². The van der Waals surface area contributed by atoms with Crippen molar-refractivity contribution in [2.75, 3.05) is 13.2 Å². The molecule has 1 atom stereocenters. The predicted octanol–water partition coefficient (Wildman–Crippen LogP) is 1.82. The molecule has 0 aliphatic carbocycles. The van der Waals surface area contributed by atoms with Crippen LogP contribution in [0.3, 0.4) is 0 Å². The second-order valence-electron chi connectivity index (χ2n) is 3.90. The van der Waals surface area contributed by atoms with Crippen LogP contribution in [0.4, 0.5) is 0 Å². The fourth-order valence-corrected chi connectivity index (χ4v) is 1.36. The summed E-state index contributed by atoms with van der Waals surface area (Å²) in [6, 6.07) is 2.30. The maximum atomic E-state index is 9.01. The van der Waals surface area contributed by atoms with Gasteiger partial charge in [-0.15, -0.1) is 0 Å². The number of hydrogen-bond donors (Lipinski definition) is 2. The van der Waals surface area contributed by atoms with Gasteiger partial charge >= 0.3 is 0 Å². The fourth-order valence-electron chi connectivity index (χ4n) is 1.36. The van der Waals surface area contributed by atoms with E-state index in [-0.39, 0.29) is 6.61 Å². The molecule has 0 amide bonds. The van der Waals surface area contributed by atoms with Gasteiger partial charge in [0.05, 0.1) is 6.07 Å². The Morgan fingerprint density at radius 1 is 1.36 bits per heavy atom. The standard InChI is InChI=1S/C11H22N2O/c1-3-4-5-7-11(2,10-12)13-8-6-9-14/h13-14H,3-9H2,1-2H3. The minimum absolute atomic E-state index is 0.184. The molecule has 0 rings (SSSR count). The normalized spacial score (nSPS) is 14.7. The smallest absolute Gasteiger partial charge is 0.103 e. The Bertz CT molecular complexity index is 165. The van der Waals surface area contributed by atoms with Crippen LogP contribution in [0.15, 0.2) is 0 Å². The zero-order valence-electron chi connectivity index (χ0n) is 9.34. The third-order valence-corrected chi connectivity index (χ3v) is 2.38. The van der Waals surface area contributed by atoms with Crippen LogP contribution in [0.1, 0.15) is 46.0 Å². The highest BCUT2D eigenvalue weighted by Gasteiger charge is 2.21. The summed E-state index contributed by atoms with van der Waals surface area (Å²) in [6.07, 6.45) is 5.05. The zero-order valence-corrected chi connectivity index (χ0v) is 9.34. The van der Waals surface area contributed by atoms with Crippen molar-refractivity contribution in [3.8, 4) is 6.07 Å². The molecule has 0 aliphatic heterocycles. The highest BCUT2D eigenvalue weighted by atomic mass is 16.3. The molecule has 0 aromatic carbocycles. The summed E-state index contributed by atoms with van der Waals surface area (Å²) in [5.41, 5.74) is -0.412. The molecule has 2 N–H and O–H groups in total. The van der Waals surface area contributed by atoms with Crippen molar-refractivity contribution < 1.29 is 5.11 Å². The summed E-state index contributed by atoms with van der Waals surface area (Å²) in [4.78, 5) is 0. The number of unbranched alkanes of at least 4 members (excludes halogenated alkanes) is 2. The van der Waals surface area contributed by atoms with Gasteiger partial charge in [0.25, 0.3) is 0 Å². The number of rotatable bonds is 8. The van der Waals surface area contributed by atoms with Gasteiger partial charge in [-0.1, -0.05) is 26.2 Å². The molecule has 0 spiro atoms. The Morgan fingerprint density at radius 3 is 2.57 bits per heavy atom. The lowest BCUT2D eigenvalue weighted by Crippen LogP contribution is -2.41. The predicted molar refractivity (Wildman–Crippen MR) is 57.9 cm³/mol. The Morgan fingerprint density at radius 2 is 2.07 bits per heavy atom. The Kier molecular flexibility index (Phi) is 7.45. The summed E-state index contributed by atoms with van der Waals surface area (Å²) in [5.74, 6) is 0. The number of nitrogens with zero attached hydrogens (tertiary/aromatic N) is 1. The average Bonchev–Trinajstić information content (AvgIpc) is 2.19. The Hall–Kier alpha value is -0.590. The second-order valence-corrected chi connectivity index (χ2v) is 3.90. The highest BCUT2D eigenvalue weighted by Crippen LogP contribution is 2.13. The molecule has 0 saturated carbocycles. The van der Waals surface area contributed by atoms with E-state index >= 15 is 0 Å². The first-order valence-electron chi connectivity index (χ1n) is 5.45. The van der Waals surface area contributed by atoms with Gasteiger partial charge in [0.2, 0.25) is 0 Å². The molecule has 0 radical (unpaired) electrons. The first-order valence-corrected chi connectivity index (χ1v) is 5.45. The van der Waals surface area contributed by atoms with Crippen molar-refractivity contribution in [2.45, 2.75) is 51.5 Å². The zero-order chi connectivity index (χ0) is 10.9. The average molecular weight is 198 g/mol. The van der Waals surface area contributed by atoms with Crippen LogP contribution in [-0.4, -0.2) is 23.8 Å². The van der Waals surface area contributed by atoms with E-state index in [9.17, 15) is 0 Å².